The molecule has 0 atom stereocenters. The van der Waals surface area contributed by atoms with Crippen LogP contribution in [-0.4, -0.2) is 36.9 Å². The highest BCUT2D eigenvalue weighted by atomic mass is 19.1. The summed E-state index contributed by atoms with van der Waals surface area (Å²) in [5.74, 6) is -0.818. The molecular formula is C19H19FN2O4. The standard InChI is InChI=1S/C19H19FN2O4/c1-25-12-16-5-6-17(26-16)18(23)21-15-10-13(9-14(20)11-15)19(24)22-7-3-2-4-8-22/h2-3,5-6,9-11H,4,7-8,12H2,1H3,(H,21,23). The van der Waals surface area contributed by atoms with Crippen LogP contribution in [0.4, 0.5) is 10.1 Å². The molecule has 2 aromatic rings. The van der Waals surface area contributed by atoms with Crippen LogP contribution in [0.2, 0.25) is 0 Å². The highest BCUT2D eigenvalue weighted by molar-refractivity contribution is 6.03. The minimum absolute atomic E-state index is 0.0790. The maximum atomic E-state index is 13.9. The summed E-state index contributed by atoms with van der Waals surface area (Å²) in [4.78, 5) is 26.4. The van der Waals surface area contributed by atoms with E-state index in [4.69, 9.17) is 9.15 Å². The quantitative estimate of drug-likeness (QED) is 0.833. The van der Waals surface area contributed by atoms with Gasteiger partial charge < -0.3 is 19.4 Å². The Morgan fingerprint density at radius 2 is 2.12 bits per heavy atom. The second kappa shape index (κ2) is 7.97. The topological polar surface area (TPSA) is 71.8 Å². The van der Waals surface area contributed by atoms with Crippen LogP contribution >= 0.6 is 0 Å². The van der Waals surface area contributed by atoms with Crippen LogP contribution < -0.4 is 5.32 Å². The van der Waals surface area contributed by atoms with Gasteiger partial charge in [0.05, 0.1) is 0 Å². The second-order valence-corrected chi connectivity index (χ2v) is 5.89. The average molecular weight is 358 g/mol. The third kappa shape index (κ3) is 4.18. The first kappa shape index (κ1) is 17.9. The molecule has 0 bridgehead atoms. The molecule has 7 heteroatoms. The van der Waals surface area contributed by atoms with Crippen LogP contribution in [0.5, 0.6) is 0 Å². The van der Waals surface area contributed by atoms with E-state index < -0.39 is 11.7 Å². The van der Waals surface area contributed by atoms with Gasteiger partial charge in [0.2, 0.25) is 0 Å². The molecule has 1 aliphatic heterocycles. The van der Waals surface area contributed by atoms with Crippen LogP contribution in [0, 0.1) is 5.82 Å². The Balaban J connectivity index is 1.75. The largest absolute Gasteiger partial charge is 0.453 e. The molecule has 1 aromatic carbocycles. The first-order chi connectivity index (χ1) is 12.6. The maximum Gasteiger partial charge on any atom is 0.291 e. The number of carbonyl (C=O) groups is 2. The summed E-state index contributed by atoms with van der Waals surface area (Å²) in [6.07, 6.45) is 4.67. The van der Waals surface area contributed by atoms with Gasteiger partial charge in [-0.15, -0.1) is 0 Å². The van der Waals surface area contributed by atoms with Crippen molar-refractivity contribution in [2.75, 3.05) is 25.5 Å². The number of nitrogens with zero attached hydrogens (tertiary/aromatic N) is 1. The monoisotopic (exact) mass is 358 g/mol. The van der Waals surface area contributed by atoms with Gasteiger partial charge in [0.15, 0.2) is 5.76 Å². The summed E-state index contributed by atoms with van der Waals surface area (Å²) in [5, 5.41) is 2.55. The smallest absolute Gasteiger partial charge is 0.291 e. The van der Waals surface area contributed by atoms with Crippen LogP contribution in [0.15, 0.2) is 46.9 Å². The average Bonchev–Trinajstić information content (AvgIpc) is 3.10. The van der Waals surface area contributed by atoms with Crippen molar-refractivity contribution in [3.8, 4) is 0 Å². The summed E-state index contributed by atoms with van der Waals surface area (Å²) < 4.78 is 24.2. The number of rotatable bonds is 5. The molecule has 26 heavy (non-hydrogen) atoms. The first-order valence-electron chi connectivity index (χ1n) is 8.20. The highest BCUT2D eigenvalue weighted by Crippen LogP contribution is 2.19. The lowest BCUT2D eigenvalue weighted by atomic mass is 10.1. The maximum absolute atomic E-state index is 13.9. The number of methoxy groups -OCH3 is 1. The van der Waals surface area contributed by atoms with Gasteiger partial charge in [-0.3, -0.25) is 9.59 Å². The molecule has 0 saturated heterocycles. The Morgan fingerprint density at radius 3 is 2.85 bits per heavy atom. The third-order valence-corrected chi connectivity index (χ3v) is 3.92. The molecule has 0 radical (unpaired) electrons. The van der Waals surface area contributed by atoms with Crippen molar-refractivity contribution >= 4 is 17.5 Å². The number of hydrogen-bond donors (Lipinski definition) is 1. The summed E-state index contributed by atoms with van der Waals surface area (Å²) in [7, 11) is 1.52. The zero-order valence-corrected chi connectivity index (χ0v) is 14.3. The van der Waals surface area contributed by atoms with E-state index in [2.05, 4.69) is 5.32 Å². The molecule has 2 amide bonds. The summed E-state index contributed by atoms with van der Waals surface area (Å²) in [6.45, 7) is 1.32. The lowest BCUT2D eigenvalue weighted by molar-refractivity contribution is 0.0770. The molecule has 136 valence electrons. The van der Waals surface area contributed by atoms with E-state index in [1.807, 2.05) is 12.2 Å². The molecule has 1 aromatic heterocycles. The Kier molecular flexibility index (Phi) is 5.48. The van der Waals surface area contributed by atoms with E-state index in [1.54, 1.807) is 11.0 Å². The first-order valence-corrected chi connectivity index (χ1v) is 8.20. The molecule has 3 rings (SSSR count). The van der Waals surface area contributed by atoms with Crippen LogP contribution in [-0.2, 0) is 11.3 Å². The zero-order chi connectivity index (χ0) is 18.5. The van der Waals surface area contributed by atoms with E-state index >= 15 is 0 Å². The number of hydrogen-bond acceptors (Lipinski definition) is 4. The van der Waals surface area contributed by atoms with E-state index in [0.717, 1.165) is 12.5 Å². The minimum atomic E-state index is -0.599. The van der Waals surface area contributed by atoms with E-state index in [-0.39, 0.29) is 29.5 Å². The molecular weight excluding hydrogens is 339 g/mol. The molecule has 1 aliphatic rings. The van der Waals surface area contributed by atoms with E-state index in [1.165, 1.54) is 25.3 Å². The van der Waals surface area contributed by atoms with E-state index in [0.29, 0.717) is 18.8 Å². The molecule has 0 saturated carbocycles. The van der Waals surface area contributed by atoms with Gasteiger partial charge in [-0.05, 0) is 36.8 Å². The van der Waals surface area contributed by atoms with Crippen molar-refractivity contribution in [1.82, 2.24) is 4.90 Å². The summed E-state index contributed by atoms with van der Waals surface area (Å²) in [5.41, 5.74) is 0.380. The van der Waals surface area contributed by atoms with Gasteiger partial charge in [0, 0.05) is 31.5 Å². The van der Waals surface area contributed by atoms with Crippen molar-refractivity contribution in [1.29, 1.82) is 0 Å². The van der Waals surface area contributed by atoms with Crippen molar-refractivity contribution in [2.24, 2.45) is 0 Å². The normalized spacial score (nSPS) is 13.7. The lowest BCUT2D eigenvalue weighted by Gasteiger charge is -2.23. The number of ether oxygens (including phenoxy) is 1. The fourth-order valence-electron chi connectivity index (χ4n) is 2.71. The third-order valence-electron chi connectivity index (χ3n) is 3.92. The molecule has 6 nitrogen and oxygen atoms in total. The van der Waals surface area contributed by atoms with Crippen LogP contribution in [0.25, 0.3) is 0 Å². The second-order valence-electron chi connectivity index (χ2n) is 5.89. The summed E-state index contributed by atoms with van der Waals surface area (Å²) >= 11 is 0. The van der Waals surface area contributed by atoms with Gasteiger partial charge >= 0.3 is 0 Å². The number of furan rings is 1. The van der Waals surface area contributed by atoms with Crippen molar-refractivity contribution in [2.45, 2.75) is 13.0 Å². The van der Waals surface area contributed by atoms with Crippen LogP contribution in [0.3, 0.4) is 0 Å². The zero-order valence-electron chi connectivity index (χ0n) is 14.3. The Morgan fingerprint density at radius 1 is 1.27 bits per heavy atom. The fourth-order valence-corrected chi connectivity index (χ4v) is 2.71. The number of nitrogens with one attached hydrogen (secondary N) is 1. The molecule has 0 unspecified atom stereocenters. The SMILES string of the molecule is COCc1ccc(C(=O)Nc2cc(F)cc(C(=O)N3CC=CCC3)c2)o1. The molecule has 2 heterocycles. The number of amides is 2. The van der Waals surface area contributed by atoms with Crippen LogP contribution in [0.1, 0.15) is 33.1 Å². The van der Waals surface area contributed by atoms with Gasteiger partial charge in [0.1, 0.15) is 18.2 Å². The Hall–Kier alpha value is -2.93. The van der Waals surface area contributed by atoms with Crippen molar-refractivity contribution < 1.29 is 23.1 Å². The Bertz CT molecular complexity index is 844. The van der Waals surface area contributed by atoms with Gasteiger partial charge in [0.25, 0.3) is 11.8 Å². The number of carbonyl (C=O) groups excluding carboxylic acids is 2. The molecule has 0 fully saturated rings. The summed E-state index contributed by atoms with van der Waals surface area (Å²) in [6, 6.07) is 6.92. The van der Waals surface area contributed by atoms with E-state index in [9.17, 15) is 14.0 Å². The molecule has 0 spiro atoms. The molecule has 1 N–H and O–H groups in total. The highest BCUT2D eigenvalue weighted by Gasteiger charge is 2.18. The predicted octanol–water partition coefficient (Wildman–Crippen LogP) is 3.22. The van der Waals surface area contributed by atoms with Gasteiger partial charge in [-0.1, -0.05) is 12.2 Å². The van der Waals surface area contributed by atoms with Crippen molar-refractivity contribution in [3.05, 3.63) is 65.4 Å². The molecule has 0 aliphatic carbocycles. The number of benzene rings is 1. The van der Waals surface area contributed by atoms with Crippen molar-refractivity contribution in [3.63, 3.8) is 0 Å². The van der Waals surface area contributed by atoms with Gasteiger partial charge in [-0.2, -0.15) is 0 Å². The van der Waals surface area contributed by atoms with Gasteiger partial charge in [-0.25, -0.2) is 4.39 Å². The number of halogens is 1. The predicted molar refractivity (Wildman–Crippen MR) is 93.4 cm³/mol. The number of anilines is 1. The lowest BCUT2D eigenvalue weighted by Crippen LogP contribution is -2.33. The minimum Gasteiger partial charge on any atom is -0.453 e. The fraction of sp³-hybridized carbons (Fsp3) is 0.263. The Labute approximate surface area is 150 Å².